The zero-order valence-electron chi connectivity index (χ0n) is 11.0. The zero-order chi connectivity index (χ0) is 14.9. The Bertz CT molecular complexity index is 607. The molecule has 0 spiro atoms. The Kier molecular flexibility index (Phi) is 4.48. The van der Waals surface area contributed by atoms with Crippen LogP contribution in [-0.4, -0.2) is 36.7 Å². The van der Waals surface area contributed by atoms with Crippen molar-refractivity contribution in [1.29, 1.82) is 0 Å². The minimum Gasteiger partial charge on any atom is -0.477 e. The highest BCUT2D eigenvalue weighted by atomic mass is 32.2. The molecule has 1 aliphatic rings. The lowest BCUT2D eigenvalue weighted by Gasteiger charge is -2.26. The number of rotatable bonds is 4. The lowest BCUT2D eigenvalue weighted by molar-refractivity contribution is 0.0702. The average Bonchev–Trinajstić information content (AvgIpc) is 2.71. The van der Waals surface area contributed by atoms with Gasteiger partial charge < -0.3 is 10.2 Å². The molecule has 1 heterocycles. The van der Waals surface area contributed by atoms with Crippen LogP contribution < -0.4 is 4.72 Å². The van der Waals surface area contributed by atoms with Gasteiger partial charge in [0, 0.05) is 10.9 Å². The predicted molar refractivity (Wildman–Crippen MR) is 74.6 cm³/mol. The van der Waals surface area contributed by atoms with Crippen molar-refractivity contribution in [2.75, 3.05) is 0 Å². The van der Waals surface area contributed by atoms with E-state index in [-0.39, 0.29) is 15.8 Å². The van der Waals surface area contributed by atoms with Crippen molar-refractivity contribution < 1.29 is 23.4 Å². The largest absolute Gasteiger partial charge is 0.477 e. The van der Waals surface area contributed by atoms with Crippen LogP contribution in [0.25, 0.3) is 0 Å². The standard InChI is InChI=1S/C12H17NO5S2/c1-7-11(6-10(19-7)12(15)16)20(17,18)13-8-3-2-4-9(14)5-8/h6,8-9,13-14H,2-5H2,1H3,(H,15,16). The first kappa shape index (κ1) is 15.4. The van der Waals surface area contributed by atoms with E-state index in [1.807, 2.05) is 0 Å². The van der Waals surface area contributed by atoms with E-state index in [0.717, 1.165) is 17.8 Å². The molecule has 1 saturated carbocycles. The van der Waals surface area contributed by atoms with Gasteiger partial charge in [0.1, 0.15) is 4.88 Å². The van der Waals surface area contributed by atoms with Crippen LogP contribution in [0, 0.1) is 6.92 Å². The monoisotopic (exact) mass is 319 g/mol. The average molecular weight is 319 g/mol. The van der Waals surface area contributed by atoms with Crippen molar-refractivity contribution in [3.63, 3.8) is 0 Å². The first-order valence-corrected chi connectivity index (χ1v) is 8.63. The van der Waals surface area contributed by atoms with Gasteiger partial charge in [0.15, 0.2) is 0 Å². The molecule has 2 atom stereocenters. The summed E-state index contributed by atoms with van der Waals surface area (Å²) in [7, 11) is -3.74. The number of hydrogen-bond acceptors (Lipinski definition) is 5. The van der Waals surface area contributed by atoms with Gasteiger partial charge >= 0.3 is 5.97 Å². The van der Waals surface area contributed by atoms with Crippen molar-refractivity contribution in [2.24, 2.45) is 0 Å². The van der Waals surface area contributed by atoms with E-state index in [1.165, 1.54) is 6.07 Å². The number of carbonyl (C=O) groups is 1. The lowest BCUT2D eigenvalue weighted by Crippen LogP contribution is -2.39. The summed E-state index contributed by atoms with van der Waals surface area (Å²) in [6.07, 6.45) is 2.07. The zero-order valence-corrected chi connectivity index (χ0v) is 12.6. The molecule has 1 aliphatic carbocycles. The second-order valence-electron chi connectivity index (χ2n) is 4.97. The number of aliphatic hydroxyl groups excluding tert-OH is 1. The summed E-state index contributed by atoms with van der Waals surface area (Å²) in [5.74, 6) is -1.13. The van der Waals surface area contributed by atoms with Crippen molar-refractivity contribution >= 4 is 27.3 Å². The van der Waals surface area contributed by atoms with Crippen LogP contribution in [0.5, 0.6) is 0 Å². The highest BCUT2D eigenvalue weighted by molar-refractivity contribution is 7.89. The number of thiophene rings is 1. The SMILES string of the molecule is Cc1sc(C(=O)O)cc1S(=O)(=O)NC1CCCC(O)C1. The molecular weight excluding hydrogens is 302 g/mol. The fourth-order valence-corrected chi connectivity index (χ4v) is 5.11. The fraction of sp³-hybridized carbons (Fsp3) is 0.583. The number of aliphatic hydroxyl groups is 1. The molecule has 1 fully saturated rings. The Hall–Kier alpha value is -0.960. The van der Waals surface area contributed by atoms with Gasteiger partial charge in [-0.15, -0.1) is 11.3 Å². The van der Waals surface area contributed by atoms with E-state index in [2.05, 4.69) is 4.72 Å². The fourth-order valence-electron chi connectivity index (χ4n) is 2.39. The molecule has 1 aromatic rings. The molecule has 0 amide bonds. The molecule has 8 heteroatoms. The Labute approximate surface area is 121 Å². The van der Waals surface area contributed by atoms with Gasteiger partial charge in [-0.1, -0.05) is 0 Å². The van der Waals surface area contributed by atoms with E-state index in [9.17, 15) is 18.3 Å². The summed E-state index contributed by atoms with van der Waals surface area (Å²) in [5, 5.41) is 18.5. The summed E-state index contributed by atoms with van der Waals surface area (Å²) in [6, 6.07) is 0.889. The number of hydrogen-bond donors (Lipinski definition) is 3. The molecule has 0 radical (unpaired) electrons. The molecule has 1 aromatic heterocycles. The minimum atomic E-state index is -3.74. The summed E-state index contributed by atoms with van der Waals surface area (Å²) < 4.78 is 27.1. The van der Waals surface area contributed by atoms with Crippen molar-refractivity contribution in [3.8, 4) is 0 Å². The quantitative estimate of drug-likeness (QED) is 0.777. The number of aryl methyl sites for hydroxylation is 1. The van der Waals surface area contributed by atoms with Gasteiger partial charge in [0.2, 0.25) is 10.0 Å². The molecule has 2 rings (SSSR count). The summed E-state index contributed by atoms with van der Waals surface area (Å²) in [6.45, 7) is 1.58. The maximum Gasteiger partial charge on any atom is 0.345 e. The van der Waals surface area contributed by atoms with Crippen molar-refractivity contribution in [3.05, 3.63) is 15.8 Å². The van der Waals surface area contributed by atoms with Crippen molar-refractivity contribution in [1.82, 2.24) is 4.72 Å². The van der Waals surface area contributed by atoms with Crippen LogP contribution in [0.1, 0.15) is 40.2 Å². The molecule has 20 heavy (non-hydrogen) atoms. The third-order valence-electron chi connectivity index (χ3n) is 3.34. The normalized spacial score (nSPS) is 23.7. The van der Waals surface area contributed by atoms with Crippen LogP contribution in [0.15, 0.2) is 11.0 Å². The topological polar surface area (TPSA) is 104 Å². The van der Waals surface area contributed by atoms with Gasteiger partial charge in [0.25, 0.3) is 0 Å². The smallest absolute Gasteiger partial charge is 0.345 e. The van der Waals surface area contributed by atoms with Gasteiger partial charge in [-0.3, -0.25) is 0 Å². The van der Waals surface area contributed by atoms with E-state index < -0.39 is 22.1 Å². The third kappa shape index (κ3) is 3.38. The third-order valence-corrected chi connectivity index (χ3v) is 6.16. The number of sulfonamides is 1. The van der Waals surface area contributed by atoms with Gasteiger partial charge in [0.05, 0.1) is 11.0 Å². The molecule has 3 N–H and O–H groups in total. The van der Waals surface area contributed by atoms with Crippen LogP contribution in [0.2, 0.25) is 0 Å². The van der Waals surface area contributed by atoms with E-state index in [0.29, 0.717) is 24.1 Å². The predicted octanol–water partition coefficient (Wildman–Crippen LogP) is 1.34. The molecular formula is C12H17NO5S2. The first-order chi connectivity index (χ1) is 9.29. The van der Waals surface area contributed by atoms with Gasteiger partial charge in [-0.25, -0.2) is 17.9 Å². The molecule has 2 unspecified atom stereocenters. The summed E-state index contributed by atoms with van der Waals surface area (Å²) >= 11 is 0.944. The van der Waals surface area contributed by atoms with Crippen LogP contribution in [0.3, 0.4) is 0 Å². The Morgan fingerprint density at radius 2 is 2.15 bits per heavy atom. The molecule has 6 nitrogen and oxygen atoms in total. The number of aromatic carboxylic acids is 1. The van der Waals surface area contributed by atoms with Gasteiger partial charge in [-0.05, 0) is 38.7 Å². The molecule has 0 aliphatic heterocycles. The Balaban J connectivity index is 2.19. The number of carboxylic acid groups (broad SMARTS) is 1. The van der Waals surface area contributed by atoms with E-state index >= 15 is 0 Å². The number of nitrogens with one attached hydrogen (secondary N) is 1. The Morgan fingerprint density at radius 1 is 1.45 bits per heavy atom. The Morgan fingerprint density at radius 3 is 2.70 bits per heavy atom. The molecule has 0 saturated heterocycles. The molecule has 112 valence electrons. The summed E-state index contributed by atoms with van der Waals surface area (Å²) in [4.78, 5) is 11.4. The van der Waals surface area contributed by atoms with Gasteiger partial charge in [-0.2, -0.15) is 0 Å². The first-order valence-electron chi connectivity index (χ1n) is 6.33. The molecule has 0 aromatic carbocycles. The summed E-state index contributed by atoms with van der Waals surface area (Å²) in [5.41, 5.74) is 0. The van der Waals surface area contributed by atoms with Crippen LogP contribution in [-0.2, 0) is 10.0 Å². The second-order valence-corrected chi connectivity index (χ2v) is 7.91. The maximum absolute atomic E-state index is 12.3. The van der Waals surface area contributed by atoms with Crippen LogP contribution >= 0.6 is 11.3 Å². The maximum atomic E-state index is 12.3. The minimum absolute atomic E-state index is 0.00607. The lowest BCUT2D eigenvalue weighted by atomic mass is 9.94. The van der Waals surface area contributed by atoms with Crippen molar-refractivity contribution in [2.45, 2.75) is 49.6 Å². The molecule has 0 bridgehead atoms. The van der Waals surface area contributed by atoms with E-state index in [1.54, 1.807) is 6.92 Å². The number of carboxylic acids is 1. The van der Waals surface area contributed by atoms with E-state index in [4.69, 9.17) is 5.11 Å². The second kappa shape index (κ2) is 5.80. The van der Waals surface area contributed by atoms with Crippen LogP contribution in [0.4, 0.5) is 0 Å². The highest BCUT2D eigenvalue weighted by Crippen LogP contribution is 2.27. The highest BCUT2D eigenvalue weighted by Gasteiger charge is 2.28.